The summed E-state index contributed by atoms with van der Waals surface area (Å²) in [6.45, 7) is 6.30. The molecule has 1 radical (unpaired) electrons. The molecule has 0 N–H and O–H groups in total. The van der Waals surface area contributed by atoms with Gasteiger partial charge < -0.3 is 4.74 Å². The molecular formula is C7H14NO2. The van der Waals surface area contributed by atoms with Crippen molar-refractivity contribution in [3.05, 3.63) is 0 Å². The van der Waals surface area contributed by atoms with E-state index in [2.05, 4.69) is 0 Å². The first-order chi connectivity index (χ1) is 4.58. The van der Waals surface area contributed by atoms with Crippen LogP contribution in [0, 0.1) is 0 Å². The topological polar surface area (TPSA) is 32.4 Å². The monoisotopic (exact) mass is 144 g/mol. The van der Waals surface area contributed by atoms with E-state index in [1.54, 1.807) is 0 Å². The van der Waals surface area contributed by atoms with Gasteiger partial charge in [-0.25, -0.2) is 0 Å². The zero-order chi connectivity index (χ0) is 7.78. The van der Waals surface area contributed by atoms with Gasteiger partial charge in [0.05, 0.1) is 12.1 Å². The summed E-state index contributed by atoms with van der Waals surface area (Å²) in [6, 6.07) is 0. The van der Waals surface area contributed by atoms with E-state index in [0.717, 1.165) is 11.5 Å². The Balaban J connectivity index is 2.58. The summed E-state index contributed by atoms with van der Waals surface area (Å²) in [5, 5.41) is 12.3. The van der Waals surface area contributed by atoms with Crippen LogP contribution in [0.5, 0.6) is 0 Å². The fraction of sp³-hybridized carbons (Fsp3) is 1.00. The highest BCUT2D eigenvalue weighted by molar-refractivity contribution is 4.82. The molecule has 1 atom stereocenters. The van der Waals surface area contributed by atoms with Crippen LogP contribution in [0.4, 0.5) is 0 Å². The van der Waals surface area contributed by atoms with Crippen LogP contribution in [-0.2, 0) is 9.94 Å². The van der Waals surface area contributed by atoms with Gasteiger partial charge in [0.1, 0.15) is 6.23 Å². The predicted molar refractivity (Wildman–Crippen MR) is 36.6 cm³/mol. The van der Waals surface area contributed by atoms with Crippen molar-refractivity contribution in [2.75, 3.05) is 6.61 Å². The van der Waals surface area contributed by atoms with Crippen molar-refractivity contribution in [2.45, 2.75) is 39.0 Å². The summed E-state index contributed by atoms with van der Waals surface area (Å²) in [7, 11) is 0. The maximum atomic E-state index is 11.2. The molecule has 1 heterocycles. The lowest BCUT2D eigenvalue weighted by Gasteiger charge is -2.22. The zero-order valence-corrected chi connectivity index (χ0v) is 6.76. The molecule has 10 heavy (non-hydrogen) atoms. The number of hydrogen-bond donors (Lipinski definition) is 0. The standard InChI is InChI=1S/C7H14NO2/c1-4-6-8(9)7(2,3)5-10-6/h6H,4-5H2,1-3H3. The van der Waals surface area contributed by atoms with E-state index >= 15 is 0 Å². The maximum Gasteiger partial charge on any atom is 0.136 e. The minimum atomic E-state index is -0.319. The summed E-state index contributed by atoms with van der Waals surface area (Å²) in [5.41, 5.74) is -0.319. The van der Waals surface area contributed by atoms with Crippen LogP contribution in [0.3, 0.4) is 0 Å². The number of nitrogens with zero attached hydrogens (tertiary/aromatic N) is 1. The van der Waals surface area contributed by atoms with Gasteiger partial charge >= 0.3 is 0 Å². The lowest BCUT2D eigenvalue weighted by Crippen LogP contribution is -2.40. The average Bonchev–Trinajstić information content (AvgIpc) is 2.10. The van der Waals surface area contributed by atoms with Crippen LogP contribution in [-0.4, -0.2) is 23.4 Å². The summed E-state index contributed by atoms with van der Waals surface area (Å²) >= 11 is 0. The molecule has 1 rings (SSSR count). The average molecular weight is 144 g/mol. The van der Waals surface area contributed by atoms with E-state index in [1.165, 1.54) is 0 Å². The number of rotatable bonds is 1. The van der Waals surface area contributed by atoms with Crippen molar-refractivity contribution in [1.82, 2.24) is 5.06 Å². The molecule has 59 valence electrons. The Kier molecular flexibility index (Phi) is 1.99. The number of hydrogen-bond acceptors (Lipinski definition) is 2. The fourth-order valence-electron chi connectivity index (χ4n) is 1.10. The lowest BCUT2D eigenvalue weighted by molar-refractivity contribution is -0.240. The highest BCUT2D eigenvalue weighted by Gasteiger charge is 2.40. The highest BCUT2D eigenvalue weighted by atomic mass is 16.6. The van der Waals surface area contributed by atoms with Gasteiger partial charge in [0, 0.05) is 0 Å². The second-order valence-electron chi connectivity index (χ2n) is 3.31. The SMILES string of the molecule is CCC1OCC(C)(C)N1[O]. The van der Waals surface area contributed by atoms with E-state index in [0.29, 0.717) is 6.61 Å². The molecule has 0 bridgehead atoms. The molecule has 3 heteroatoms. The second-order valence-corrected chi connectivity index (χ2v) is 3.31. The van der Waals surface area contributed by atoms with Gasteiger partial charge in [0.2, 0.25) is 0 Å². The smallest absolute Gasteiger partial charge is 0.136 e. The normalized spacial score (nSPS) is 33.0. The third kappa shape index (κ3) is 1.17. The molecule has 1 aliphatic rings. The Morgan fingerprint density at radius 2 is 2.30 bits per heavy atom. The van der Waals surface area contributed by atoms with Crippen molar-refractivity contribution in [3.63, 3.8) is 0 Å². The molecule has 3 nitrogen and oxygen atoms in total. The van der Waals surface area contributed by atoms with Crippen molar-refractivity contribution in [2.24, 2.45) is 0 Å². The third-order valence-electron chi connectivity index (χ3n) is 1.84. The second kappa shape index (κ2) is 2.49. The molecule has 0 saturated carbocycles. The van der Waals surface area contributed by atoms with Gasteiger partial charge in [-0.15, -0.1) is 10.3 Å². The molecule has 0 aromatic heterocycles. The van der Waals surface area contributed by atoms with E-state index in [-0.39, 0.29) is 11.8 Å². The maximum absolute atomic E-state index is 11.2. The number of hydroxylamine groups is 2. The minimum Gasteiger partial charge on any atom is -0.359 e. The molecule has 1 fully saturated rings. The molecule has 1 saturated heterocycles. The molecular weight excluding hydrogens is 130 g/mol. The molecule has 0 amide bonds. The van der Waals surface area contributed by atoms with Crippen LogP contribution < -0.4 is 0 Å². The van der Waals surface area contributed by atoms with Crippen LogP contribution in [0.15, 0.2) is 0 Å². The molecule has 1 aliphatic heterocycles. The van der Waals surface area contributed by atoms with Crippen LogP contribution in [0.1, 0.15) is 27.2 Å². The quantitative estimate of drug-likeness (QED) is 0.553. The summed E-state index contributed by atoms with van der Waals surface area (Å²) in [4.78, 5) is 0. The van der Waals surface area contributed by atoms with E-state index < -0.39 is 0 Å². The van der Waals surface area contributed by atoms with Gasteiger partial charge in [-0.05, 0) is 20.3 Å². The molecule has 1 unspecified atom stereocenters. The summed E-state index contributed by atoms with van der Waals surface area (Å²) in [6.07, 6.45) is 0.558. The van der Waals surface area contributed by atoms with Crippen LogP contribution in [0.2, 0.25) is 0 Å². The van der Waals surface area contributed by atoms with Crippen LogP contribution in [0.25, 0.3) is 0 Å². The fourth-order valence-corrected chi connectivity index (χ4v) is 1.10. The summed E-state index contributed by atoms with van der Waals surface area (Å²) < 4.78 is 5.24. The minimum absolute atomic E-state index is 0.213. The molecule has 0 aromatic rings. The Morgan fingerprint density at radius 1 is 1.70 bits per heavy atom. The van der Waals surface area contributed by atoms with E-state index in [9.17, 15) is 5.21 Å². The molecule has 0 aromatic carbocycles. The summed E-state index contributed by atoms with van der Waals surface area (Å²) in [5.74, 6) is 0. The Bertz CT molecular complexity index is 125. The van der Waals surface area contributed by atoms with E-state index in [1.807, 2.05) is 20.8 Å². The Hall–Kier alpha value is -0.120. The van der Waals surface area contributed by atoms with E-state index in [4.69, 9.17) is 4.74 Å². The first kappa shape index (κ1) is 7.98. The zero-order valence-electron chi connectivity index (χ0n) is 6.76. The predicted octanol–water partition coefficient (Wildman–Crippen LogP) is 1.18. The van der Waals surface area contributed by atoms with Crippen LogP contribution >= 0.6 is 0 Å². The third-order valence-corrected chi connectivity index (χ3v) is 1.84. The first-order valence-corrected chi connectivity index (χ1v) is 3.66. The highest BCUT2D eigenvalue weighted by Crippen LogP contribution is 2.25. The Morgan fingerprint density at radius 3 is 2.50 bits per heavy atom. The first-order valence-electron chi connectivity index (χ1n) is 3.66. The van der Waals surface area contributed by atoms with Gasteiger partial charge in [-0.2, -0.15) is 0 Å². The van der Waals surface area contributed by atoms with Gasteiger partial charge in [-0.1, -0.05) is 6.92 Å². The Labute approximate surface area is 61.5 Å². The van der Waals surface area contributed by atoms with Gasteiger partial charge in [0.25, 0.3) is 0 Å². The van der Waals surface area contributed by atoms with Crippen molar-refractivity contribution >= 4 is 0 Å². The number of ether oxygens (including phenoxy) is 1. The largest absolute Gasteiger partial charge is 0.359 e. The van der Waals surface area contributed by atoms with Crippen molar-refractivity contribution in [1.29, 1.82) is 0 Å². The molecule has 0 spiro atoms. The molecule has 0 aliphatic carbocycles. The van der Waals surface area contributed by atoms with Gasteiger partial charge in [-0.3, -0.25) is 0 Å². The van der Waals surface area contributed by atoms with Crippen molar-refractivity contribution < 1.29 is 9.94 Å². The van der Waals surface area contributed by atoms with Crippen molar-refractivity contribution in [3.8, 4) is 0 Å². The lowest BCUT2D eigenvalue weighted by atomic mass is 10.1. The van der Waals surface area contributed by atoms with Gasteiger partial charge in [0.15, 0.2) is 0 Å².